The Bertz CT molecular complexity index is 1310. The second-order valence-electron chi connectivity index (χ2n) is 9.99. The van der Waals surface area contributed by atoms with Crippen LogP contribution in [0.5, 0.6) is 0 Å². The lowest BCUT2D eigenvalue weighted by molar-refractivity contribution is -0.134. The molecular weight excluding hydrogens is 479 g/mol. The highest BCUT2D eigenvalue weighted by Crippen LogP contribution is 2.42. The van der Waals surface area contributed by atoms with E-state index in [0.717, 1.165) is 22.8 Å². The van der Waals surface area contributed by atoms with E-state index in [4.69, 9.17) is 5.73 Å². The van der Waals surface area contributed by atoms with Crippen LogP contribution >= 0.6 is 0 Å². The van der Waals surface area contributed by atoms with Gasteiger partial charge in [-0.1, -0.05) is 18.2 Å². The van der Waals surface area contributed by atoms with E-state index < -0.39 is 29.3 Å². The number of ether oxygens (including phenoxy) is 1. The van der Waals surface area contributed by atoms with Crippen LogP contribution in [-0.2, 0) is 16.0 Å². The number of anilines is 1. The molecule has 2 unspecified atom stereocenters. The summed E-state index contributed by atoms with van der Waals surface area (Å²) >= 11 is 0. The summed E-state index contributed by atoms with van der Waals surface area (Å²) in [5.74, 6) is -1.77. The first kappa shape index (κ1) is 26.4. The molecule has 8 heteroatoms. The number of aromatic nitrogens is 1. The Kier molecular flexibility index (Phi) is 7.41. The number of benzene rings is 2. The molecule has 2 aromatic carbocycles. The molecule has 0 saturated carbocycles. The van der Waals surface area contributed by atoms with E-state index in [-0.39, 0.29) is 23.7 Å². The monoisotopic (exact) mass is 509 g/mol. The van der Waals surface area contributed by atoms with Crippen molar-refractivity contribution >= 4 is 17.9 Å². The van der Waals surface area contributed by atoms with Crippen LogP contribution in [0.4, 0.5) is 19.0 Å². The van der Waals surface area contributed by atoms with Crippen molar-refractivity contribution in [2.24, 2.45) is 0 Å². The van der Waals surface area contributed by atoms with Gasteiger partial charge in [-0.25, -0.2) is 22.9 Å². The molecule has 1 aliphatic rings. The van der Waals surface area contributed by atoms with Crippen molar-refractivity contribution in [3.8, 4) is 11.1 Å². The molecule has 0 saturated heterocycles. The van der Waals surface area contributed by atoms with Crippen LogP contribution in [0.3, 0.4) is 0 Å². The molecule has 1 aromatic heterocycles. The van der Waals surface area contributed by atoms with Gasteiger partial charge >= 0.3 is 5.97 Å². The summed E-state index contributed by atoms with van der Waals surface area (Å²) in [7, 11) is 1.22. The van der Waals surface area contributed by atoms with Gasteiger partial charge in [0.25, 0.3) is 0 Å². The molecule has 5 nitrogen and oxygen atoms in total. The number of nitrogens with zero attached hydrogens (tertiary/aromatic N) is 2. The van der Waals surface area contributed by atoms with E-state index in [1.165, 1.54) is 39.2 Å². The molecule has 0 aliphatic carbocycles. The van der Waals surface area contributed by atoms with Crippen molar-refractivity contribution in [1.29, 1.82) is 0 Å². The maximum atomic E-state index is 15.6. The predicted molar refractivity (Wildman–Crippen MR) is 138 cm³/mol. The number of nitrogens with two attached hydrogens (primary N) is 1. The van der Waals surface area contributed by atoms with Crippen molar-refractivity contribution in [3.05, 3.63) is 88.6 Å². The Morgan fingerprint density at radius 3 is 2.43 bits per heavy atom. The molecule has 37 heavy (non-hydrogen) atoms. The molecule has 1 aliphatic heterocycles. The van der Waals surface area contributed by atoms with Crippen LogP contribution in [0.25, 0.3) is 17.2 Å². The molecule has 2 heterocycles. The predicted octanol–water partition coefficient (Wildman–Crippen LogP) is 5.88. The van der Waals surface area contributed by atoms with Gasteiger partial charge in [-0.15, -0.1) is 0 Å². The molecule has 2 atom stereocenters. The Morgan fingerprint density at radius 2 is 1.84 bits per heavy atom. The highest BCUT2D eigenvalue weighted by molar-refractivity contribution is 5.86. The van der Waals surface area contributed by atoms with Crippen LogP contribution in [0.15, 0.2) is 54.7 Å². The SMILES string of the molecule is COC(=O)/C=C/c1cc(F)c(C2c3ccc(-c4ccc(N)nc4)cc3CC(C)N2CC(C)(C)F)c(F)c1. The Balaban J connectivity index is 1.83. The smallest absolute Gasteiger partial charge is 0.330 e. The third-order valence-corrected chi connectivity index (χ3v) is 6.52. The minimum atomic E-state index is -1.59. The van der Waals surface area contributed by atoms with Gasteiger partial charge in [0.2, 0.25) is 0 Å². The number of hydrogen-bond acceptors (Lipinski definition) is 5. The van der Waals surface area contributed by atoms with E-state index >= 15 is 8.78 Å². The van der Waals surface area contributed by atoms with E-state index in [9.17, 15) is 9.18 Å². The number of halogens is 3. The van der Waals surface area contributed by atoms with Gasteiger partial charge in [0.05, 0.1) is 13.2 Å². The van der Waals surface area contributed by atoms with Crippen molar-refractivity contribution in [3.63, 3.8) is 0 Å². The minimum Gasteiger partial charge on any atom is -0.466 e. The summed E-state index contributed by atoms with van der Waals surface area (Å²) < 4.78 is 50.6. The third kappa shape index (κ3) is 5.85. The van der Waals surface area contributed by atoms with Crippen LogP contribution in [-0.4, -0.2) is 41.2 Å². The van der Waals surface area contributed by atoms with E-state index in [1.807, 2.05) is 36.1 Å². The van der Waals surface area contributed by atoms with E-state index in [0.29, 0.717) is 17.8 Å². The minimum absolute atomic E-state index is 0.00915. The highest BCUT2D eigenvalue weighted by atomic mass is 19.1. The Hall–Kier alpha value is -3.65. The first-order valence-corrected chi connectivity index (χ1v) is 12.0. The van der Waals surface area contributed by atoms with Gasteiger partial charge in [-0.2, -0.15) is 0 Å². The number of alkyl halides is 1. The number of methoxy groups -OCH3 is 1. The van der Waals surface area contributed by atoms with Crippen molar-refractivity contribution in [1.82, 2.24) is 9.88 Å². The quantitative estimate of drug-likeness (QED) is 0.332. The number of fused-ring (bicyclic) bond motifs is 1. The lowest BCUT2D eigenvalue weighted by Gasteiger charge is -2.44. The highest BCUT2D eigenvalue weighted by Gasteiger charge is 2.39. The number of rotatable bonds is 6. The summed E-state index contributed by atoms with van der Waals surface area (Å²) in [4.78, 5) is 17.4. The fraction of sp³-hybridized carbons (Fsp3) is 0.310. The van der Waals surface area contributed by atoms with E-state index in [2.05, 4.69) is 9.72 Å². The lowest BCUT2D eigenvalue weighted by Crippen LogP contribution is -2.48. The fourth-order valence-electron chi connectivity index (χ4n) is 4.87. The van der Waals surface area contributed by atoms with Crippen LogP contribution in [0.1, 0.15) is 49.1 Å². The van der Waals surface area contributed by atoms with Crippen LogP contribution in [0, 0.1) is 11.6 Å². The molecule has 0 spiro atoms. The second-order valence-corrected chi connectivity index (χ2v) is 9.99. The molecule has 0 fully saturated rings. The van der Waals surface area contributed by atoms with Gasteiger partial charge in [0.15, 0.2) is 0 Å². The Labute approximate surface area is 214 Å². The molecule has 2 N–H and O–H groups in total. The van der Waals surface area contributed by atoms with Gasteiger partial charge in [0, 0.05) is 36.0 Å². The molecular formula is C29H30F3N3O2. The summed E-state index contributed by atoms with van der Waals surface area (Å²) in [5, 5.41) is 0. The zero-order valence-electron chi connectivity index (χ0n) is 21.3. The molecule has 194 valence electrons. The first-order valence-electron chi connectivity index (χ1n) is 12.0. The third-order valence-electron chi connectivity index (χ3n) is 6.52. The normalized spacial score (nSPS) is 18.1. The summed E-state index contributed by atoms with van der Waals surface area (Å²) in [6, 6.07) is 10.6. The molecule has 0 radical (unpaired) electrons. The molecule has 3 aromatic rings. The summed E-state index contributed by atoms with van der Waals surface area (Å²) in [6.07, 6.45) is 4.64. The van der Waals surface area contributed by atoms with Crippen LogP contribution < -0.4 is 5.73 Å². The van der Waals surface area contributed by atoms with E-state index in [1.54, 1.807) is 12.3 Å². The molecule has 0 amide bonds. The topological polar surface area (TPSA) is 68.5 Å². The number of nitrogen functional groups attached to an aromatic ring is 1. The zero-order chi connectivity index (χ0) is 26.9. The zero-order valence-corrected chi connectivity index (χ0v) is 21.3. The lowest BCUT2D eigenvalue weighted by atomic mass is 9.82. The maximum Gasteiger partial charge on any atom is 0.330 e. The molecule has 0 bridgehead atoms. The second kappa shape index (κ2) is 10.4. The standard InChI is InChI=1S/C29H30F3N3O2/c1-17-11-21-14-19(20-7-9-25(33)34-15-20)6-8-22(21)28(35(17)16-29(2,3)32)27-23(30)12-18(13-24(27)31)5-10-26(36)37-4/h5-10,12-15,17,28H,11,16H2,1-4H3,(H2,33,34)/b10-5+. The average Bonchev–Trinajstić information content (AvgIpc) is 2.83. The molecule has 4 rings (SSSR count). The number of carbonyl (C=O) groups is 1. The Morgan fingerprint density at radius 1 is 1.16 bits per heavy atom. The number of pyridine rings is 1. The van der Waals surface area contributed by atoms with Crippen molar-refractivity contribution in [2.45, 2.75) is 44.9 Å². The number of hydrogen-bond donors (Lipinski definition) is 1. The van der Waals surface area contributed by atoms with Gasteiger partial charge in [0.1, 0.15) is 23.1 Å². The first-order chi connectivity index (χ1) is 17.5. The van der Waals surface area contributed by atoms with Gasteiger partial charge in [-0.05, 0) is 79.8 Å². The largest absolute Gasteiger partial charge is 0.466 e. The van der Waals surface area contributed by atoms with Crippen molar-refractivity contribution in [2.75, 3.05) is 19.4 Å². The fourth-order valence-corrected chi connectivity index (χ4v) is 4.87. The number of esters is 1. The van der Waals surface area contributed by atoms with Gasteiger partial charge in [-0.3, -0.25) is 4.90 Å². The maximum absolute atomic E-state index is 15.6. The summed E-state index contributed by atoms with van der Waals surface area (Å²) in [5.41, 5.74) is 7.56. The summed E-state index contributed by atoms with van der Waals surface area (Å²) in [6.45, 7) is 4.83. The number of carbonyl (C=O) groups excluding carboxylic acids is 1. The van der Waals surface area contributed by atoms with Crippen molar-refractivity contribution < 1.29 is 22.7 Å². The van der Waals surface area contributed by atoms with Gasteiger partial charge < -0.3 is 10.5 Å². The van der Waals surface area contributed by atoms with Crippen LogP contribution in [0.2, 0.25) is 0 Å². The average molecular weight is 510 g/mol.